The standard InChI is InChI=1S/C11H15N2O/c12-10-7-2-1-6-9(10)11(14)13-8-4-3-5-8/h2,6-8H,1,3-5,12H2,(H,13,14). The molecular weight excluding hydrogens is 176 g/mol. The molecule has 14 heavy (non-hydrogen) atoms. The van der Waals surface area contributed by atoms with Gasteiger partial charge in [0.15, 0.2) is 0 Å². The molecule has 2 aliphatic carbocycles. The van der Waals surface area contributed by atoms with Gasteiger partial charge in [-0.3, -0.25) is 4.79 Å². The summed E-state index contributed by atoms with van der Waals surface area (Å²) < 4.78 is 0. The Morgan fingerprint density at radius 2 is 2.29 bits per heavy atom. The third kappa shape index (κ3) is 1.81. The number of carbonyl (C=O) groups excluding carboxylic acids is 1. The summed E-state index contributed by atoms with van der Waals surface area (Å²) in [7, 11) is 0. The van der Waals surface area contributed by atoms with Gasteiger partial charge in [0.05, 0.1) is 0 Å². The summed E-state index contributed by atoms with van der Waals surface area (Å²) >= 11 is 0. The van der Waals surface area contributed by atoms with Gasteiger partial charge >= 0.3 is 0 Å². The van der Waals surface area contributed by atoms with Gasteiger partial charge in [-0.2, -0.15) is 0 Å². The van der Waals surface area contributed by atoms with E-state index in [0.29, 0.717) is 17.3 Å². The van der Waals surface area contributed by atoms with Gasteiger partial charge in [0.1, 0.15) is 0 Å². The second-order valence-corrected chi connectivity index (χ2v) is 3.81. The average Bonchev–Trinajstić information content (AvgIpc) is 2.12. The minimum absolute atomic E-state index is 0.0171. The number of nitrogens with two attached hydrogens (primary N) is 1. The van der Waals surface area contributed by atoms with Crippen LogP contribution < -0.4 is 11.1 Å². The van der Waals surface area contributed by atoms with Crippen molar-refractivity contribution in [2.75, 3.05) is 0 Å². The number of amides is 1. The molecule has 0 aromatic carbocycles. The zero-order chi connectivity index (χ0) is 9.97. The van der Waals surface area contributed by atoms with Crippen LogP contribution in [0, 0.1) is 6.42 Å². The van der Waals surface area contributed by atoms with Gasteiger partial charge in [-0.05, 0) is 31.8 Å². The van der Waals surface area contributed by atoms with Crippen molar-refractivity contribution >= 4 is 5.91 Å². The Labute approximate surface area is 84.0 Å². The normalized spacial score (nSPS) is 22.0. The molecule has 3 heteroatoms. The molecule has 3 nitrogen and oxygen atoms in total. The summed E-state index contributed by atoms with van der Waals surface area (Å²) in [6, 6.07) is 0.377. The van der Waals surface area contributed by atoms with Crippen molar-refractivity contribution < 1.29 is 4.79 Å². The van der Waals surface area contributed by atoms with Gasteiger partial charge in [-0.1, -0.05) is 6.08 Å². The molecule has 0 bridgehead atoms. The Hall–Kier alpha value is -1.25. The van der Waals surface area contributed by atoms with E-state index in [1.54, 1.807) is 6.08 Å². The largest absolute Gasteiger partial charge is 0.398 e. The number of hydrogen-bond acceptors (Lipinski definition) is 2. The van der Waals surface area contributed by atoms with E-state index in [-0.39, 0.29) is 5.91 Å². The van der Waals surface area contributed by atoms with Crippen molar-refractivity contribution in [1.82, 2.24) is 5.32 Å². The first kappa shape index (κ1) is 9.31. The molecule has 0 heterocycles. The van der Waals surface area contributed by atoms with Crippen LogP contribution in [0.15, 0.2) is 23.4 Å². The number of carbonyl (C=O) groups is 1. The lowest BCUT2D eigenvalue weighted by Crippen LogP contribution is -2.41. The van der Waals surface area contributed by atoms with Crippen LogP contribution in [-0.4, -0.2) is 11.9 Å². The highest BCUT2D eigenvalue weighted by atomic mass is 16.1. The summed E-state index contributed by atoms with van der Waals surface area (Å²) in [4.78, 5) is 11.7. The van der Waals surface area contributed by atoms with Crippen LogP contribution in [0.4, 0.5) is 0 Å². The maximum atomic E-state index is 11.7. The van der Waals surface area contributed by atoms with Crippen molar-refractivity contribution in [2.45, 2.75) is 31.7 Å². The SMILES string of the molecule is NC1=C(C(=O)NC2CCC2)[CH]CC=C1. The second kappa shape index (κ2) is 3.86. The average molecular weight is 191 g/mol. The van der Waals surface area contributed by atoms with E-state index in [2.05, 4.69) is 5.32 Å². The van der Waals surface area contributed by atoms with Crippen LogP contribution in [0.2, 0.25) is 0 Å². The van der Waals surface area contributed by atoms with E-state index in [1.807, 2.05) is 12.5 Å². The fourth-order valence-corrected chi connectivity index (χ4v) is 1.63. The fraction of sp³-hybridized carbons (Fsp3) is 0.455. The monoisotopic (exact) mass is 191 g/mol. The molecule has 1 amide bonds. The predicted molar refractivity (Wildman–Crippen MR) is 55.1 cm³/mol. The molecule has 2 rings (SSSR count). The summed E-state index contributed by atoms with van der Waals surface area (Å²) in [6.07, 6.45) is 9.87. The molecule has 0 atom stereocenters. The van der Waals surface area contributed by atoms with E-state index < -0.39 is 0 Å². The third-order valence-electron chi connectivity index (χ3n) is 2.75. The van der Waals surface area contributed by atoms with Crippen molar-refractivity contribution in [2.24, 2.45) is 5.73 Å². The van der Waals surface area contributed by atoms with E-state index in [1.165, 1.54) is 6.42 Å². The molecule has 3 N–H and O–H groups in total. The third-order valence-corrected chi connectivity index (χ3v) is 2.75. The summed E-state index contributed by atoms with van der Waals surface area (Å²) in [6.45, 7) is 0. The van der Waals surface area contributed by atoms with Gasteiger partial charge in [0.2, 0.25) is 5.91 Å². The lowest BCUT2D eigenvalue weighted by atomic mass is 9.92. The number of nitrogens with one attached hydrogen (secondary N) is 1. The molecular formula is C11H15N2O. The Balaban J connectivity index is 1.98. The topological polar surface area (TPSA) is 55.1 Å². The summed E-state index contributed by atoms with van der Waals surface area (Å²) in [5.41, 5.74) is 6.93. The first-order chi connectivity index (χ1) is 6.77. The molecule has 0 saturated heterocycles. The van der Waals surface area contributed by atoms with Crippen molar-refractivity contribution in [1.29, 1.82) is 0 Å². The molecule has 1 saturated carbocycles. The van der Waals surface area contributed by atoms with Gasteiger partial charge in [0.25, 0.3) is 0 Å². The van der Waals surface area contributed by atoms with E-state index in [0.717, 1.165) is 19.3 Å². The molecule has 0 unspecified atom stereocenters. The van der Waals surface area contributed by atoms with Crippen molar-refractivity contribution in [3.63, 3.8) is 0 Å². The lowest BCUT2D eigenvalue weighted by molar-refractivity contribution is -0.118. The van der Waals surface area contributed by atoms with Crippen LogP contribution in [0.1, 0.15) is 25.7 Å². The van der Waals surface area contributed by atoms with Crippen LogP contribution >= 0.6 is 0 Å². The Morgan fingerprint density at radius 1 is 1.50 bits per heavy atom. The number of hydrogen-bond donors (Lipinski definition) is 2. The smallest absolute Gasteiger partial charge is 0.249 e. The molecule has 1 radical (unpaired) electrons. The highest BCUT2D eigenvalue weighted by molar-refractivity contribution is 5.97. The first-order valence-corrected chi connectivity index (χ1v) is 5.08. The molecule has 0 aliphatic heterocycles. The number of allylic oxidation sites excluding steroid dienone is 2. The van der Waals surface area contributed by atoms with E-state index in [9.17, 15) is 4.79 Å². The Kier molecular flexibility index (Phi) is 2.57. The predicted octanol–water partition coefficient (Wildman–Crippen LogP) is 1.03. The molecule has 0 aromatic rings. The van der Waals surface area contributed by atoms with Crippen LogP contribution in [0.3, 0.4) is 0 Å². The van der Waals surface area contributed by atoms with Gasteiger partial charge in [0, 0.05) is 23.7 Å². The van der Waals surface area contributed by atoms with Gasteiger partial charge < -0.3 is 11.1 Å². The van der Waals surface area contributed by atoms with Crippen molar-refractivity contribution in [3.05, 3.63) is 29.8 Å². The zero-order valence-corrected chi connectivity index (χ0v) is 8.12. The molecule has 1 fully saturated rings. The van der Waals surface area contributed by atoms with Crippen molar-refractivity contribution in [3.8, 4) is 0 Å². The fourth-order valence-electron chi connectivity index (χ4n) is 1.63. The highest BCUT2D eigenvalue weighted by Gasteiger charge is 2.22. The van der Waals surface area contributed by atoms with Crippen LogP contribution in [0.5, 0.6) is 0 Å². The zero-order valence-electron chi connectivity index (χ0n) is 8.12. The molecule has 2 aliphatic rings. The molecule has 75 valence electrons. The highest BCUT2D eigenvalue weighted by Crippen LogP contribution is 2.20. The summed E-state index contributed by atoms with van der Waals surface area (Å²) in [5.74, 6) is -0.0171. The lowest BCUT2D eigenvalue weighted by Gasteiger charge is -2.27. The van der Waals surface area contributed by atoms with Gasteiger partial charge in [-0.25, -0.2) is 0 Å². The second-order valence-electron chi connectivity index (χ2n) is 3.81. The Bertz CT molecular complexity index is 300. The van der Waals surface area contributed by atoms with Crippen LogP contribution in [-0.2, 0) is 4.79 Å². The molecule has 0 spiro atoms. The maximum Gasteiger partial charge on any atom is 0.249 e. The Morgan fingerprint density at radius 3 is 2.86 bits per heavy atom. The first-order valence-electron chi connectivity index (χ1n) is 5.08. The minimum Gasteiger partial charge on any atom is -0.398 e. The van der Waals surface area contributed by atoms with E-state index >= 15 is 0 Å². The van der Waals surface area contributed by atoms with Gasteiger partial charge in [-0.15, -0.1) is 0 Å². The molecule has 0 aromatic heterocycles. The maximum absolute atomic E-state index is 11.7. The summed E-state index contributed by atoms with van der Waals surface area (Å²) in [5, 5.41) is 2.97. The quantitative estimate of drug-likeness (QED) is 0.685. The van der Waals surface area contributed by atoms with Crippen LogP contribution in [0.25, 0.3) is 0 Å². The van der Waals surface area contributed by atoms with E-state index in [4.69, 9.17) is 5.73 Å². The number of rotatable bonds is 2. The minimum atomic E-state index is -0.0171.